The summed E-state index contributed by atoms with van der Waals surface area (Å²) >= 11 is 0. The molecule has 7 nitrogen and oxygen atoms in total. The van der Waals surface area contributed by atoms with Gasteiger partial charge in [0.05, 0.1) is 11.5 Å². The highest BCUT2D eigenvalue weighted by Crippen LogP contribution is 2.13. The highest BCUT2D eigenvalue weighted by molar-refractivity contribution is 5.96. The molecular formula is C13H11N3O4. The third-order valence-electron chi connectivity index (χ3n) is 2.68. The number of benzene rings is 1. The number of non-ortho nitro benzene ring substituents is 1. The Morgan fingerprint density at radius 3 is 2.90 bits per heavy atom. The average Bonchev–Trinajstić information content (AvgIpc) is 2.43. The lowest BCUT2D eigenvalue weighted by Crippen LogP contribution is -2.26. The number of aryl methyl sites for hydroxylation is 1. The van der Waals surface area contributed by atoms with Gasteiger partial charge in [-0.3, -0.25) is 19.5 Å². The Morgan fingerprint density at radius 1 is 1.45 bits per heavy atom. The van der Waals surface area contributed by atoms with Gasteiger partial charge in [0.25, 0.3) is 5.69 Å². The Hall–Kier alpha value is -2.83. The van der Waals surface area contributed by atoms with Crippen molar-refractivity contribution >= 4 is 11.5 Å². The van der Waals surface area contributed by atoms with Crippen molar-refractivity contribution in [1.82, 2.24) is 9.55 Å². The fraction of sp³-hybridized carbons (Fsp3) is 0.154. The van der Waals surface area contributed by atoms with Crippen molar-refractivity contribution in [2.45, 2.75) is 13.5 Å². The van der Waals surface area contributed by atoms with Gasteiger partial charge in [0.1, 0.15) is 0 Å². The molecule has 0 spiro atoms. The Bertz CT molecular complexity index is 736. The molecule has 0 aliphatic rings. The van der Waals surface area contributed by atoms with E-state index in [4.69, 9.17) is 0 Å². The number of Topliss-reactive ketones (excluding diaryl/α,β-unsaturated/α-hetero) is 1. The number of hydrogen-bond acceptors (Lipinski definition) is 5. The van der Waals surface area contributed by atoms with Gasteiger partial charge in [-0.2, -0.15) is 0 Å². The average molecular weight is 273 g/mol. The predicted octanol–water partition coefficient (Wildman–Crippen LogP) is 1.34. The number of hydrogen-bond donors (Lipinski definition) is 0. The molecule has 0 saturated heterocycles. The monoisotopic (exact) mass is 273 g/mol. The molecule has 0 fully saturated rings. The van der Waals surface area contributed by atoms with Crippen molar-refractivity contribution in [3.63, 3.8) is 0 Å². The van der Waals surface area contributed by atoms with Crippen molar-refractivity contribution in [1.29, 1.82) is 0 Å². The van der Waals surface area contributed by atoms with Crippen LogP contribution < -0.4 is 5.69 Å². The highest BCUT2D eigenvalue weighted by Gasteiger charge is 2.12. The summed E-state index contributed by atoms with van der Waals surface area (Å²) in [6.45, 7) is 1.55. The number of carbonyl (C=O) groups is 1. The van der Waals surface area contributed by atoms with Crippen molar-refractivity contribution < 1.29 is 9.72 Å². The van der Waals surface area contributed by atoms with Gasteiger partial charge in [0.15, 0.2) is 5.78 Å². The topological polar surface area (TPSA) is 95.1 Å². The lowest BCUT2D eigenvalue weighted by molar-refractivity contribution is -0.384. The molecule has 0 N–H and O–H groups in total. The molecule has 1 aromatic carbocycles. The molecule has 0 saturated carbocycles. The summed E-state index contributed by atoms with van der Waals surface area (Å²) in [7, 11) is 0. The number of nitro groups is 1. The molecule has 0 radical (unpaired) electrons. The number of nitrogens with zero attached hydrogens (tertiary/aromatic N) is 3. The highest BCUT2D eigenvalue weighted by atomic mass is 16.6. The smallest absolute Gasteiger partial charge is 0.292 e. The van der Waals surface area contributed by atoms with Crippen LogP contribution >= 0.6 is 0 Å². The lowest BCUT2D eigenvalue weighted by Gasteiger charge is -2.05. The van der Waals surface area contributed by atoms with Gasteiger partial charge in [0.2, 0.25) is 0 Å². The zero-order valence-corrected chi connectivity index (χ0v) is 10.6. The van der Waals surface area contributed by atoms with Gasteiger partial charge in [0, 0.05) is 30.1 Å². The molecule has 0 atom stereocenters. The lowest BCUT2D eigenvalue weighted by atomic mass is 10.1. The number of ketones is 1. The molecule has 2 aromatic rings. The Labute approximate surface area is 113 Å². The van der Waals surface area contributed by atoms with Gasteiger partial charge in [-0.1, -0.05) is 12.1 Å². The SMILES string of the molecule is Cc1cnc(=O)n(CC(=O)c2cccc([N+](=O)[O-])c2)c1. The first-order chi connectivity index (χ1) is 9.47. The van der Waals surface area contributed by atoms with E-state index in [1.165, 1.54) is 41.2 Å². The fourth-order valence-corrected chi connectivity index (χ4v) is 1.72. The van der Waals surface area contributed by atoms with E-state index in [1.807, 2.05) is 0 Å². The molecule has 2 rings (SSSR count). The van der Waals surface area contributed by atoms with E-state index in [0.717, 1.165) is 5.56 Å². The van der Waals surface area contributed by atoms with E-state index in [9.17, 15) is 19.7 Å². The first kappa shape index (κ1) is 13.6. The van der Waals surface area contributed by atoms with Crippen LogP contribution in [0.25, 0.3) is 0 Å². The molecule has 0 unspecified atom stereocenters. The van der Waals surface area contributed by atoms with E-state index in [1.54, 1.807) is 6.92 Å². The second kappa shape index (κ2) is 5.43. The van der Waals surface area contributed by atoms with Crippen LogP contribution in [0.1, 0.15) is 15.9 Å². The van der Waals surface area contributed by atoms with Crippen LogP contribution in [0.4, 0.5) is 5.69 Å². The summed E-state index contributed by atoms with van der Waals surface area (Å²) < 4.78 is 1.18. The van der Waals surface area contributed by atoms with E-state index < -0.39 is 10.6 Å². The van der Waals surface area contributed by atoms with Crippen molar-refractivity contribution in [2.24, 2.45) is 0 Å². The number of aromatic nitrogens is 2. The molecular weight excluding hydrogens is 262 g/mol. The summed E-state index contributed by atoms with van der Waals surface area (Å²) in [5.74, 6) is -0.386. The summed E-state index contributed by atoms with van der Waals surface area (Å²) in [4.78, 5) is 37.3. The van der Waals surface area contributed by atoms with E-state index in [-0.39, 0.29) is 23.6 Å². The third-order valence-corrected chi connectivity index (χ3v) is 2.68. The Morgan fingerprint density at radius 2 is 2.20 bits per heavy atom. The summed E-state index contributed by atoms with van der Waals surface area (Å²) in [6.07, 6.45) is 2.93. The maximum Gasteiger partial charge on any atom is 0.347 e. The second-order valence-electron chi connectivity index (χ2n) is 4.27. The molecule has 7 heteroatoms. The maximum absolute atomic E-state index is 12.0. The van der Waals surface area contributed by atoms with Crippen LogP contribution in [-0.2, 0) is 6.54 Å². The molecule has 1 aromatic heterocycles. The molecule has 0 aliphatic carbocycles. The number of rotatable bonds is 4. The predicted molar refractivity (Wildman–Crippen MR) is 70.7 cm³/mol. The normalized spacial score (nSPS) is 10.2. The summed E-state index contributed by atoms with van der Waals surface area (Å²) in [5.41, 5.74) is 0.240. The van der Waals surface area contributed by atoms with Crippen LogP contribution in [0.15, 0.2) is 41.5 Å². The second-order valence-corrected chi connectivity index (χ2v) is 4.27. The van der Waals surface area contributed by atoms with Crippen molar-refractivity contribution in [3.05, 3.63) is 68.4 Å². The molecule has 0 bridgehead atoms. The quantitative estimate of drug-likeness (QED) is 0.476. The molecule has 1 heterocycles. The van der Waals surface area contributed by atoms with Crippen molar-refractivity contribution in [2.75, 3.05) is 0 Å². The zero-order valence-electron chi connectivity index (χ0n) is 10.6. The zero-order chi connectivity index (χ0) is 14.7. The van der Waals surface area contributed by atoms with Crippen LogP contribution in [0.5, 0.6) is 0 Å². The van der Waals surface area contributed by atoms with Crippen LogP contribution in [0, 0.1) is 17.0 Å². The van der Waals surface area contributed by atoms with Crippen LogP contribution in [0.3, 0.4) is 0 Å². The van der Waals surface area contributed by atoms with Gasteiger partial charge >= 0.3 is 5.69 Å². The standard InChI is InChI=1S/C13H11N3O4/c1-9-6-14-13(18)15(7-9)8-12(17)10-3-2-4-11(5-10)16(19)20/h2-7H,8H2,1H3. The van der Waals surface area contributed by atoms with E-state index in [0.29, 0.717) is 0 Å². The molecule has 102 valence electrons. The van der Waals surface area contributed by atoms with Gasteiger partial charge < -0.3 is 0 Å². The van der Waals surface area contributed by atoms with E-state index in [2.05, 4.69) is 4.98 Å². The van der Waals surface area contributed by atoms with Gasteiger partial charge in [-0.05, 0) is 12.5 Å². The first-order valence-corrected chi connectivity index (χ1v) is 5.78. The maximum atomic E-state index is 12.0. The molecule has 20 heavy (non-hydrogen) atoms. The minimum absolute atomic E-state index is 0.162. The van der Waals surface area contributed by atoms with Crippen molar-refractivity contribution in [3.8, 4) is 0 Å². The largest absolute Gasteiger partial charge is 0.347 e. The first-order valence-electron chi connectivity index (χ1n) is 5.78. The third kappa shape index (κ3) is 2.94. The fourth-order valence-electron chi connectivity index (χ4n) is 1.72. The van der Waals surface area contributed by atoms with Gasteiger partial charge in [-0.15, -0.1) is 0 Å². The summed E-state index contributed by atoms with van der Waals surface area (Å²) in [6, 6.07) is 5.40. The van der Waals surface area contributed by atoms with E-state index >= 15 is 0 Å². The number of nitro benzene ring substituents is 1. The minimum atomic E-state index is -0.572. The molecule has 0 aliphatic heterocycles. The molecule has 0 amide bonds. The minimum Gasteiger partial charge on any atom is -0.292 e. The van der Waals surface area contributed by atoms with Crippen LogP contribution in [0.2, 0.25) is 0 Å². The van der Waals surface area contributed by atoms with Gasteiger partial charge in [-0.25, -0.2) is 9.78 Å². The summed E-state index contributed by atoms with van der Waals surface area (Å²) in [5, 5.41) is 10.7. The number of carbonyl (C=O) groups excluding carboxylic acids is 1. The Kier molecular flexibility index (Phi) is 3.69. The Balaban J connectivity index is 2.28. The van der Waals surface area contributed by atoms with Crippen LogP contribution in [-0.4, -0.2) is 20.3 Å².